The standard InChI is InChI=1S/C10H12O2S2/c1-9-3-5-10(6-4-9)14(11,12)8-7-13-2/h3-8H,1-2H3/b8-7+. The molecule has 0 aromatic heterocycles. The van der Waals surface area contributed by atoms with Gasteiger partial charge in [-0.15, -0.1) is 11.8 Å². The van der Waals surface area contributed by atoms with Crippen molar-refractivity contribution >= 4 is 21.6 Å². The fourth-order valence-electron chi connectivity index (χ4n) is 0.935. The van der Waals surface area contributed by atoms with Gasteiger partial charge in [-0.3, -0.25) is 0 Å². The quantitative estimate of drug-likeness (QED) is 0.797. The van der Waals surface area contributed by atoms with Crippen LogP contribution in [0.2, 0.25) is 0 Å². The first-order valence-corrected chi connectivity index (χ1v) is 6.91. The van der Waals surface area contributed by atoms with Gasteiger partial charge in [0.1, 0.15) is 0 Å². The largest absolute Gasteiger partial charge is 0.219 e. The summed E-state index contributed by atoms with van der Waals surface area (Å²) in [6.45, 7) is 1.92. The van der Waals surface area contributed by atoms with Gasteiger partial charge in [-0.05, 0) is 30.7 Å². The Kier molecular flexibility index (Phi) is 3.77. The van der Waals surface area contributed by atoms with Crippen molar-refractivity contribution in [1.29, 1.82) is 0 Å². The molecule has 0 radical (unpaired) electrons. The van der Waals surface area contributed by atoms with E-state index in [0.29, 0.717) is 4.90 Å². The Morgan fingerprint density at radius 2 is 1.79 bits per heavy atom. The van der Waals surface area contributed by atoms with Crippen LogP contribution in [-0.2, 0) is 9.84 Å². The number of hydrogen-bond donors (Lipinski definition) is 0. The molecule has 4 heteroatoms. The van der Waals surface area contributed by atoms with Crippen molar-refractivity contribution in [1.82, 2.24) is 0 Å². The molecule has 0 fully saturated rings. The Labute approximate surface area is 89.0 Å². The second kappa shape index (κ2) is 4.66. The minimum Gasteiger partial charge on any atom is -0.219 e. The summed E-state index contributed by atoms with van der Waals surface area (Å²) in [6.07, 6.45) is 1.82. The van der Waals surface area contributed by atoms with Gasteiger partial charge in [-0.25, -0.2) is 8.42 Å². The molecule has 14 heavy (non-hydrogen) atoms. The van der Waals surface area contributed by atoms with Crippen LogP contribution in [0.15, 0.2) is 40.0 Å². The van der Waals surface area contributed by atoms with Crippen molar-refractivity contribution in [3.8, 4) is 0 Å². The summed E-state index contributed by atoms with van der Waals surface area (Å²) in [5.74, 6) is 0. The molecular formula is C10H12O2S2. The molecule has 1 aromatic carbocycles. The van der Waals surface area contributed by atoms with E-state index in [2.05, 4.69) is 0 Å². The van der Waals surface area contributed by atoms with E-state index in [1.54, 1.807) is 29.7 Å². The predicted molar refractivity (Wildman–Crippen MR) is 61.0 cm³/mol. The van der Waals surface area contributed by atoms with E-state index in [0.717, 1.165) is 5.56 Å². The Bertz CT molecular complexity index is 416. The summed E-state index contributed by atoms with van der Waals surface area (Å²) in [5, 5.41) is 2.79. The SMILES string of the molecule is CS/C=C/S(=O)(=O)c1ccc(C)cc1. The minimum atomic E-state index is -3.24. The summed E-state index contributed by atoms with van der Waals surface area (Å²) in [7, 11) is -3.24. The smallest absolute Gasteiger partial charge is 0.200 e. The number of sulfone groups is 1. The van der Waals surface area contributed by atoms with Crippen molar-refractivity contribution in [3.05, 3.63) is 40.6 Å². The number of hydrogen-bond acceptors (Lipinski definition) is 3. The van der Waals surface area contributed by atoms with Gasteiger partial charge in [0.15, 0.2) is 9.84 Å². The van der Waals surface area contributed by atoms with Crippen LogP contribution in [-0.4, -0.2) is 14.7 Å². The van der Waals surface area contributed by atoms with Crippen LogP contribution in [0.3, 0.4) is 0 Å². The maximum Gasteiger partial charge on any atom is 0.200 e. The molecule has 1 rings (SSSR count). The molecular weight excluding hydrogens is 216 g/mol. The molecule has 0 aliphatic carbocycles. The van der Waals surface area contributed by atoms with E-state index in [1.165, 1.54) is 17.2 Å². The maximum atomic E-state index is 11.6. The number of benzene rings is 1. The van der Waals surface area contributed by atoms with Gasteiger partial charge < -0.3 is 0 Å². The molecule has 0 unspecified atom stereocenters. The highest BCUT2D eigenvalue weighted by Crippen LogP contribution is 2.14. The monoisotopic (exact) mass is 228 g/mol. The van der Waals surface area contributed by atoms with Crippen LogP contribution in [0.5, 0.6) is 0 Å². The van der Waals surface area contributed by atoms with Crippen molar-refractivity contribution in [2.45, 2.75) is 11.8 Å². The van der Waals surface area contributed by atoms with Gasteiger partial charge in [0.25, 0.3) is 0 Å². The molecule has 0 aliphatic heterocycles. The lowest BCUT2D eigenvalue weighted by molar-refractivity contribution is 0.604. The average Bonchev–Trinajstić information content (AvgIpc) is 2.16. The van der Waals surface area contributed by atoms with Crippen LogP contribution >= 0.6 is 11.8 Å². The highest BCUT2D eigenvalue weighted by Gasteiger charge is 2.08. The van der Waals surface area contributed by atoms with Crippen molar-refractivity contribution in [2.24, 2.45) is 0 Å². The van der Waals surface area contributed by atoms with Crippen LogP contribution in [0.4, 0.5) is 0 Å². The molecule has 2 nitrogen and oxygen atoms in total. The third kappa shape index (κ3) is 2.89. The lowest BCUT2D eigenvalue weighted by atomic mass is 10.2. The van der Waals surface area contributed by atoms with Gasteiger partial charge in [-0.1, -0.05) is 17.7 Å². The molecule has 1 aromatic rings. The van der Waals surface area contributed by atoms with Gasteiger partial charge in [0.2, 0.25) is 0 Å². The summed E-state index contributed by atoms with van der Waals surface area (Å²) in [5.41, 5.74) is 1.05. The van der Waals surface area contributed by atoms with Crippen molar-refractivity contribution in [2.75, 3.05) is 6.26 Å². The lowest BCUT2D eigenvalue weighted by Crippen LogP contribution is -1.95. The Morgan fingerprint density at radius 1 is 1.21 bits per heavy atom. The van der Waals surface area contributed by atoms with Gasteiger partial charge in [-0.2, -0.15) is 0 Å². The molecule has 0 heterocycles. The zero-order valence-electron chi connectivity index (χ0n) is 8.10. The first-order chi connectivity index (χ1) is 6.56. The topological polar surface area (TPSA) is 34.1 Å². The van der Waals surface area contributed by atoms with Crippen LogP contribution in [0.25, 0.3) is 0 Å². The summed E-state index contributed by atoms with van der Waals surface area (Å²) >= 11 is 1.37. The minimum absolute atomic E-state index is 0.341. The van der Waals surface area contributed by atoms with Gasteiger partial charge in [0, 0.05) is 5.41 Å². The van der Waals surface area contributed by atoms with E-state index in [9.17, 15) is 8.42 Å². The first kappa shape index (κ1) is 11.3. The second-order valence-electron chi connectivity index (χ2n) is 2.87. The first-order valence-electron chi connectivity index (χ1n) is 4.07. The predicted octanol–water partition coefficient (Wildman–Crippen LogP) is 2.60. The highest BCUT2D eigenvalue weighted by atomic mass is 32.2. The number of aryl methyl sites for hydroxylation is 1. The van der Waals surface area contributed by atoms with E-state index in [-0.39, 0.29) is 0 Å². The van der Waals surface area contributed by atoms with E-state index in [4.69, 9.17) is 0 Å². The molecule has 0 saturated carbocycles. The normalized spacial score (nSPS) is 12.1. The molecule has 0 atom stereocenters. The van der Waals surface area contributed by atoms with E-state index < -0.39 is 9.84 Å². The third-order valence-corrected chi connectivity index (χ3v) is 3.72. The van der Waals surface area contributed by atoms with Crippen molar-refractivity contribution < 1.29 is 8.42 Å². The molecule has 76 valence electrons. The Hall–Kier alpha value is -0.740. The second-order valence-corrected chi connectivity index (χ2v) is 5.44. The molecule has 0 saturated heterocycles. The third-order valence-electron chi connectivity index (χ3n) is 1.72. The van der Waals surface area contributed by atoms with E-state index in [1.807, 2.05) is 13.2 Å². The zero-order valence-corrected chi connectivity index (χ0v) is 9.73. The van der Waals surface area contributed by atoms with Crippen LogP contribution in [0, 0.1) is 6.92 Å². The highest BCUT2D eigenvalue weighted by molar-refractivity contribution is 8.02. The van der Waals surface area contributed by atoms with Gasteiger partial charge in [0.05, 0.1) is 4.90 Å². The average molecular weight is 228 g/mol. The lowest BCUT2D eigenvalue weighted by Gasteiger charge is -1.98. The number of thioether (sulfide) groups is 1. The van der Waals surface area contributed by atoms with Crippen LogP contribution < -0.4 is 0 Å². The Morgan fingerprint density at radius 3 is 2.29 bits per heavy atom. The van der Waals surface area contributed by atoms with Crippen LogP contribution in [0.1, 0.15) is 5.56 Å². The molecule has 0 aliphatic rings. The zero-order chi connectivity index (χ0) is 10.6. The van der Waals surface area contributed by atoms with Crippen molar-refractivity contribution in [3.63, 3.8) is 0 Å². The van der Waals surface area contributed by atoms with Gasteiger partial charge >= 0.3 is 0 Å². The summed E-state index contributed by atoms with van der Waals surface area (Å²) < 4.78 is 23.2. The van der Waals surface area contributed by atoms with E-state index >= 15 is 0 Å². The molecule has 0 amide bonds. The summed E-state index contributed by atoms with van der Waals surface area (Å²) in [6, 6.07) is 6.82. The fraction of sp³-hybridized carbons (Fsp3) is 0.200. The molecule has 0 bridgehead atoms. The fourth-order valence-corrected chi connectivity index (χ4v) is 2.64. The molecule has 0 N–H and O–H groups in total. The maximum absolute atomic E-state index is 11.6. The molecule has 0 spiro atoms. The number of rotatable bonds is 3. The summed E-state index contributed by atoms with van der Waals surface area (Å²) in [4.78, 5) is 0.341. The Balaban J connectivity index is 3.05.